The molecular weight excluding hydrogens is 244 g/mol. The fourth-order valence-corrected chi connectivity index (χ4v) is 2.26. The molecule has 0 unspecified atom stereocenters. The Kier molecular flexibility index (Phi) is 3.49. The Morgan fingerprint density at radius 2 is 2.12 bits per heavy atom. The minimum absolute atomic E-state index is 0.000360. The van der Waals surface area contributed by atoms with Crippen LogP contribution in [0.2, 0.25) is 5.02 Å². The van der Waals surface area contributed by atoms with Crippen molar-refractivity contribution in [3.8, 4) is 11.5 Å². The molecule has 0 aliphatic carbocycles. The fourth-order valence-electron chi connectivity index (χ4n) is 1.38. The second-order valence-corrected chi connectivity index (χ2v) is 4.82. The Morgan fingerprint density at radius 1 is 1.31 bits per heavy atom. The van der Waals surface area contributed by atoms with Crippen molar-refractivity contribution >= 4 is 22.9 Å². The van der Waals surface area contributed by atoms with Gasteiger partial charge < -0.3 is 9.84 Å². The molecule has 0 bridgehead atoms. The predicted octanol–water partition coefficient (Wildman–Crippen LogP) is 3.99. The summed E-state index contributed by atoms with van der Waals surface area (Å²) >= 11 is 7.34. The zero-order chi connectivity index (χ0) is 11.5. The van der Waals surface area contributed by atoms with E-state index in [0.717, 1.165) is 16.2 Å². The van der Waals surface area contributed by atoms with Gasteiger partial charge in [0.05, 0.1) is 11.5 Å². The molecule has 16 heavy (non-hydrogen) atoms. The van der Waals surface area contributed by atoms with E-state index < -0.39 is 0 Å². The lowest BCUT2D eigenvalue weighted by Crippen LogP contribution is -1.89. The monoisotopic (exact) mass is 254 g/mol. The number of rotatable bonds is 3. The van der Waals surface area contributed by atoms with Gasteiger partial charge in [0.2, 0.25) is 0 Å². The van der Waals surface area contributed by atoms with Crippen molar-refractivity contribution in [2.75, 3.05) is 0 Å². The SMILES string of the molecule is Cc1cc(Cl)ccc1Oc1ccsc1CO. The quantitative estimate of drug-likeness (QED) is 0.897. The van der Waals surface area contributed by atoms with E-state index in [1.165, 1.54) is 11.3 Å². The third kappa shape index (κ3) is 2.38. The molecule has 1 aromatic carbocycles. The average Bonchev–Trinajstić information content (AvgIpc) is 2.69. The Balaban J connectivity index is 2.27. The molecule has 0 radical (unpaired) electrons. The third-order valence-electron chi connectivity index (χ3n) is 2.21. The van der Waals surface area contributed by atoms with Crippen molar-refractivity contribution < 1.29 is 9.84 Å². The molecule has 0 atom stereocenters. The summed E-state index contributed by atoms with van der Waals surface area (Å²) in [4.78, 5) is 0.828. The molecule has 0 aliphatic rings. The molecule has 2 rings (SSSR count). The van der Waals surface area contributed by atoms with E-state index in [0.29, 0.717) is 10.8 Å². The maximum Gasteiger partial charge on any atom is 0.143 e. The average molecular weight is 255 g/mol. The van der Waals surface area contributed by atoms with Crippen LogP contribution in [-0.2, 0) is 6.61 Å². The highest BCUT2D eigenvalue weighted by Gasteiger charge is 2.07. The van der Waals surface area contributed by atoms with Gasteiger partial charge in [0.1, 0.15) is 11.5 Å². The molecule has 1 heterocycles. The largest absolute Gasteiger partial charge is 0.456 e. The molecular formula is C12H11ClO2S. The number of hydrogen-bond acceptors (Lipinski definition) is 3. The van der Waals surface area contributed by atoms with Crippen LogP contribution in [0.3, 0.4) is 0 Å². The summed E-state index contributed by atoms with van der Waals surface area (Å²) < 4.78 is 5.72. The van der Waals surface area contributed by atoms with Gasteiger partial charge in [0.25, 0.3) is 0 Å². The van der Waals surface area contributed by atoms with E-state index in [-0.39, 0.29) is 6.61 Å². The smallest absolute Gasteiger partial charge is 0.143 e. The van der Waals surface area contributed by atoms with Gasteiger partial charge in [-0.15, -0.1) is 11.3 Å². The maximum absolute atomic E-state index is 9.11. The van der Waals surface area contributed by atoms with Crippen LogP contribution in [0.15, 0.2) is 29.6 Å². The Bertz CT molecular complexity index is 494. The van der Waals surface area contributed by atoms with Crippen molar-refractivity contribution in [1.82, 2.24) is 0 Å². The molecule has 0 amide bonds. The first-order valence-electron chi connectivity index (χ1n) is 4.82. The van der Waals surface area contributed by atoms with Crippen LogP contribution in [-0.4, -0.2) is 5.11 Å². The summed E-state index contributed by atoms with van der Waals surface area (Å²) in [6.45, 7) is 1.94. The van der Waals surface area contributed by atoms with Crippen LogP contribution in [0.5, 0.6) is 11.5 Å². The van der Waals surface area contributed by atoms with Crippen molar-refractivity contribution in [2.24, 2.45) is 0 Å². The lowest BCUT2D eigenvalue weighted by molar-refractivity contribution is 0.281. The second-order valence-electron chi connectivity index (χ2n) is 3.38. The molecule has 2 nitrogen and oxygen atoms in total. The summed E-state index contributed by atoms with van der Waals surface area (Å²) in [5.41, 5.74) is 0.975. The van der Waals surface area contributed by atoms with E-state index in [4.69, 9.17) is 21.4 Å². The molecule has 0 saturated heterocycles. The number of aryl methyl sites for hydroxylation is 1. The third-order valence-corrected chi connectivity index (χ3v) is 3.33. The van der Waals surface area contributed by atoms with Crippen LogP contribution in [0.4, 0.5) is 0 Å². The van der Waals surface area contributed by atoms with Gasteiger partial charge in [-0.2, -0.15) is 0 Å². The van der Waals surface area contributed by atoms with Gasteiger partial charge in [-0.05, 0) is 42.1 Å². The topological polar surface area (TPSA) is 29.5 Å². The number of ether oxygens (including phenoxy) is 1. The van der Waals surface area contributed by atoms with Crippen molar-refractivity contribution in [3.63, 3.8) is 0 Å². The lowest BCUT2D eigenvalue weighted by atomic mass is 10.2. The van der Waals surface area contributed by atoms with E-state index in [1.54, 1.807) is 6.07 Å². The van der Waals surface area contributed by atoms with Crippen molar-refractivity contribution in [2.45, 2.75) is 13.5 Å². The van der Waals surface area contributed by atoms with Crippen LogP contribution in [0.1, 0.15) is 10.4 Å². The number of hydrogen-bond donors (Lipinski definition) is 1. The molecule has 1 aromatic heterocycles. The number of benzene rings is 1. The fraction of sp³-hybridized carbons (Fsp3) is 0.167. The van der Waals surface area contributed by atoms with E-state index in [9.17, 15) is 0 Å². The molecule has 84 valence electrons. The minimum atomic E-state index is -0.000360. The van der Waals surface area contributed by atoms with Crippen LogP contribution in [0.25, 0.3) is 0 Å². The maximum atomic E-state index is 9.11. The van der Waals surface area contributed by atoms with Crippen LogP contribution >= 0.6 is 22.9 Å². The van der Waals surface area contributed by atoms with Gasteiger partial charge >= 0.3 is 0 Å². The standard InChI is InChI=1S/C12H11ClO2S/c1-8-6-9(13)2-3-10(8)15-11-4-5-16-12(11)7-14/h2-6,14H,7H2,1H3. The number of aliphatic hydroxyl groups excluding tert-OH is 1. The summed E-state index contributed by atoms with van der Waals surface area (Å²) in [5.74, 6) is 1.47. The van der Waals surface area contributed by atoms with E-state index in [1.807, 2.05) is 30.5 Å². The highest BCUT2D eigenvalue weighted by molar-refractivity contribution is 7.10. The molecule has 1 N–H and O–H groups in total. The summed E-state index contributed by atoms with van der Waals surface area (Å²) in [7, 11) is 0. The Labute approximate surface area is 103 Å². The number of aliphatic hydroxyl groups is 1. The first-order valence-corrected chi connectivity index (χ1v) is 6.07. The second kappa shape index (κ2) is 4.87. The van der Waals surface area contributed by atoms with Gasteiger partial charge in [0.15, 0.2) is 0 Å². The number of thiophene rings is 1. The van der Waals surface area contributed by atoms with E-state index >= 15 is 0 Å². The number of halogens is 1. The van der Waals surface area contributed by atoms with E-state index in [2.05, 4.69) is 0 Å². The van der Waals surface area contributed by atoms with Gasteiger partial charge in [-0.25, -0.2) is 0 Å². The zero-order valence-corrected chi connectivity index (χ0v) is 10.3. The van der Waals surface area contributed by atoms with Gasteiger partial charge in [-0.3, -0.25) is 0 Å². The highest BCUT2D eigenvalue weighted by Crippen LogP contribution is 2.32. The van der Waals surface area contributed by atoms with Crippen molar-refractivity contribution in [1.29, 1.82) is 0 Å². The summed E-state index contributed by atoms with van der Waals surface area (Å²) in [6, 6.07) is 7.32. The molecule has 0 fully saturated rings. The Morgan fingerprint density at radius 3 is 2.81 bits per heavy atom. The highest BCUT2D eigenvalue weighted by atomic mass is 35.5. The van der Waals surface area contributed by atoms with Crippen molar-refractivity contribution in [3.05, 3.63) is 45.1 Å². The van der Waals surface area contributed by atoms with Gasteiger partial charge in [0, 0.05) is 5.02 Å². The first kappa shape index (κ1) is 11.5. The van der Waals surface area contributed by atoms with Crippen LogP contribution < -0.4 is 4.74 Å². The normalized spacial score (nSPS) is 10.4. The first-order chi connectivity index (χ1) is 7.70. The van der Waals surface area contributed by atoms with Gasteiger partial charge in [-0.1, -0.05) is 11.6 Å². The minimum Gasteiger partial charge on any atom is -0.456 e. The molecule has 0 aliphatic heterocycles. The molecule has 0 spiro atoms. The molecule has 0 saturated carbocycles. The lowest BCUT2D eigenvalue weighted by Gasteiger charge is -2.08. The predicted molar refractivity (Wildman–Crippen MR) is 66.5 cm³/mol. The summed E-state index contributed by atoms with van der Waals surface area (Å²) in [6.07, 6.45) is 0. The zero-order valence-electron chi connectivity index (χ0n) is 8.74. The molecule has 2 aromatic rings. The van der Waals surface area contributed by atoms with Crippen LogP contribution in [0, 0.1) is 6.92 Å². The molecule has 4 heteroatoms. The Hall–Kier alpha value is -1.03. The summed E-state index contributed by atoms with van der Waals surface area (Å²) in [5, 5.41) is 11.7.